The number of carbonyl (C=O) groups excluding carboxylic acids is 4. The Morgan fingerprint density at radius 3 is 2.36 bits per heavy atom. The third-order valence-corrected chi connectivity index (χ3v) is 6.80. The Bertz CT molecular complexity index is 883. The van der Waals surface area contributed by atoms with E-state index < -0.39 is 53.8 Å². The van der Waals surface area contributed by atoms with Crippen molar-refractivity contribution in [3.8, 4) is 0 Å². The van der Waals surface area contributed by atoms with Gasteiger partial charge in [-0.1, -0.05) is 13.8 Å². The minimum absolute atomic E-state index is 0.106. The number of amides is 4. The lowest BCUT2D eigenvalue weighted by Crippen LogP contribution is -2.55. The fourth-order valence-electron chi connectivity index (χ4n) is 4.15. The summed E-state index contributed by atoms with van der Waals surface area (Å²) < 4.78 is 0. The van der Waals surface area contributed by atoms with Crippen LogP contribution < -0.4 is 33.2 Å². The summed E-state index contributed by atoms with van der Waals surface area (Å²) >= 11 is 1.51. The van der Waals surface area contributed by atoms with E-state index in [2.05, 4.69) is 20.9 Å². The molecule has 14 nitrogen and oxygen atoms in total. The normalized spacial score (nSPS) is 17.2. The summed E-state index contributed by atoms with van der Waals surface area (Å²) in [7, 11) is 0. The van der Waals surface area contributed by atoms with Gasteiger partial charge in [0.25, 0.3) is 0 Å². The van der Waals surface area contributed by atoms with E-state index in [9.17, 15) is 29.1 Å². The van der Waals surface area contributed by atoms with Crippen molar-refractivity contribution in [1.29, 1.82) is 0 Å². The zero-order valence-electron chi connectivity index (χ0n) is 23.0. The fourth-order valence-corrected chi connectivity index (χ4v) is 4.62. The summed E-state index contributed by atoms with van der Waals surface area (Å²) in [5, 5.41) is 17.2. The van der Waals surface area contributed by atoms with Crippen LogP contribution in [0.1, 0.15) is 52.4 Å². The second kappa shape index (κ2) is 17.5. The van der Waals surface area contributed by atoms with E-state index in [0.29, 0.717) is 44.4 Å². The Balaban J connectivity index is 2.72. The molecule has 0 radical (unpaired) electrons. The molecule has 0 bridgehead atoms. The SMILES string of the molecule is CSCC[C@H](NC(=O)[C@@H](N)CC(C)C)C(=O)NCC(=O)N1CCC[C@H]1C(=O)N[C@@H](CCCN=C(N)N)C(=O)O. The first-order chi connectivity index (χ1) is 18.4. The minimum atomic E-state index is -1.21. The predicted octanol–water partition coefficient (Wildman–Crippen LogP) is -1.67. The molecule has 0 aliphatic carbocycles. The number of carboxylic acid groups (broad SMARTS) is 1. The molecule has 0 aromatic carbocycles. The average molecular weight is 573 g/mol. The number of aliphatic carboxylic acids is 1. The summed E-state index contributed by atoms with van der Waals surface area (Å²) in [5.41, 5.74) is 16.5. The molecule has 4 atom stereocenters. The molecule has 1 rings (SSSR count). The third kappa shape index (κ3) is 12.6. The standard InChI is InChI=1S/C24H44N8O6S/c1-14(2)12-15(25)20(34)30-16(8-11-39-3)21(35)29-13-19(33)32-10-5-7-18(32)22(36)31-17(23(37)38)6-4-9-28-24(26)27/h14-18H,4-13,25H2,1-3H3,(H,29,35)(H,30,34)(H,31,36)(H,37,38)(H4,26,27,28)/t15-,16-,17-,18-/m0/s1. The van der Waals surface area contributed by atoms with Crippen LogP contribution in [0.5, 0.6) is 0 Å². The van der Waals surface area contributed by atoms with Gasteiger partial charge < -0.3 is 43.2 Å². The van der Waals surface area contributed by atoms with Gasteiger partial charge in [-0.05, 0) is 56.5 Å². The van der Waals surface area contributed by atoms with Crippen molar-refractivity contribution in [2.24, 2.45) is 28.1 Å². The lowest BCUT2D eigenvalue weighted by Gasteiger charge is -2.26. The summed E-state index contributed by atoms with van der Waals surface area (Å²) in [6, 6.07) is -3.62. The Morgan fingerprint density at radius 2 is 1.77 bits per heavy atom. The van der Waals surface area contributed by atoms with Crippen LogP contribution in [0.25, 0.3) is 0 Å². The van der Waals surface area contributed by atoms with Crippen LogP contribution in [-0.4, -0.2) is 101 Å². The van der Waals surface area contributed by atoms with Crippen molar-refractivity contribution in [1.82, 2.24) is 20.9 Å². The first-order valence-electron chi connectivity index (χ1n) is 13.1. The number of likely N-dealkylation sites (tertiary alicyclic amines) is 1. The van der Waals surface area contributed by atoms with Crippen molar-refractivity contribution >= 4 is 47.3 Å². The van der Waals surface area contributed by atoms with Crippen molar-refractivity contribution in [3.05, 3.63) is 0 Å². The Kier molecular flexibility index (Phi) is 15.2. The van der Waals surface area contributed by atoms with Crippen LogP contribution >= 0.6 is 11.8 Å². The molecular formula is C24H44N8O6S. The van der Waals surface area contributed by atoms with Gasteiger partial charge in [-0.15, -0.1) is 0 Å². The number of guanidine groups is 1. The van der Waals surface area contributed by atoms with Gasteiger partial charge in [-0.25, -0.2) is 4.79 Å². The molecule has 15 heteroatoms. The van der Waals surface area contributed by atoms with Gasteiger partial charge in [-0.2, -0.15) is 11.8 Å². The van der Waals surface area contributed by atoms with Gasteiger partial charge in [0, 0.05) is 13.1 Å². The molecule has 0 spiro atoms. The summed E-state index contributed by atoms with van der Waals surface area (Å²) in [6.07, 6.45) is 4.08. The summed E-state index contributed by atoms with van der Waals surface area (Å²) in [4.78, 5) is 67.8. The number of hydrogen-bond acceptors (Lipinski definition) is 8. The number of thioether (sulfide) groups is 1. The van der Waals surface area contributed by atoms with Gasteiger partial charge in [0.2, 0.25) is 23.6 Å². The van der Waals surface area contributed by atoms with E-state index in [4.69, 9.17) is 17.2 Å². The topological polar surface area (TPSA) is 235 Å². The van der Waals surface area contributed by atoms with E-state index in [1.807, 2.05) is 20.1 Å². The fraction of sp³-hybridized carbons (Fsp3) is 0.750. The molecule has 1 aliphatic heterocycles. The zero-order valence-corrected chi connectivity index (χ0v) is 23.8. The molecule has 1 aliphatic rings. The van der Waals surface area contributed by atoms with E-state index in [1.165, 1.54) is 16.7 Å². The molecule has 222 valence electrons. The molecular weight excluding hydrogens is 528 g/mol. The van der Waals surface area contributed by atoms with E-state index in [-0.39, 0.29) is 31.4 Å². The van der Waals surface area contributed by atoms with Crippen molar-refractivity contribution in [2.75, 3.05) is 31.6 Å². The number of aliphatic imine (C=N–C) groups is 1. The predicted molar refractivity (Wildman–Crippen MR) is 150 cm³/mol. The molecule has 0 aromatic heterocycles. The van der Waals surface area contributed by atoms with Gasteiger partial charge in [0.1, 0.15) is 18.1 Å². The molecule has 0 saturated carbocycles. The Labute approximate surface area is 233 Å². The van der Waals surface area contributed by atoms with Crippen molar-refractivity contribution in [3.63, 3.8) is 0 Å². The maximum absolute atomic E-state index is 12.9. The molecule has 4 amide bonds. The van der Waals surface area contributed by atoms with E-state index in [0.717, 1.165) is 0 Å². The van der Waals surface area contributed by atoms with Crippen LogP contribution in [0.2, 0.25) is 0 Å². The molecule has 0 unspecified atom stereocenters. The quantitative estimate of drug-likeness (QED) is 0.0594. The monoisotopic (exact) mass is 572 g/mol. The zero-order chi connectivity index (χ0) is 29.5. The maximum atomic E-state index is 12.9. The second-order valence-electron chi connectivity index (χ2n) is 9.89. The molecule has 1 heterocycles. The van der Waals surface area contributed by atoms with Crippen molar-refractivity contribution in [2.45, 2.75) is 76.5 Å². The lowest BCUT2D eigenvalue weighted by atomic mass is 10.0. The Hall–Kier alpha value is -3.07. The first kappa shape index (κ1) is 34.0. The smallest absolute Gasteiger partial charge is 0.326 e. The van der Waals surface area contributed by atoms with Crippen LogP contribution in [0.3, 0.4) is 0 Å². The molecule has 1 fully saturated rings. The molecule has 10 N–H and O–H groups in total. The highest BCUT2D eigenvalue weighted by Crippen LogP contribution is 2.18. The highest BCUT2D eigenvalue weighted by molar-refractivity contribution is 7.98. The largest absolute Gasteiger partial charge is 0.480 e. The number of nitrogens with one attached hydrogen (secondary N) is 3. The van der Waals surface area contributed by atoms with Gasteiger partial charge >= 0.3 is 5.97 Å². The highest BCUT2D eigenvalue weighted by Gasteiger charge is 2.36. The number of carboxylic acids is 1. The van der Waals surface area contributed by atoms with Crippen LogP contribution in [0, 0.1) is 5.92 Å². The number of nitrogens with two attached hydrogens (primary N) is 3. The van der Waals surface area contributed by atoms with Gasteiger partial charge in [0.15, 0.2) is 5.96 Å². The lowest BCUT2D eigenvalue weighted by molar-refractivity contribution is -0.144. The second-order valence-corrected chi connectivity index (χ2v) is 10.9. The van der Waals surface area contributed by atoms with Gasteiger partial charge in [0.05, 0.1) is 12.6 Å². The maximum Gasteiger partial charge on any atom is 0.326 e. The third-order valence-electron chi connectivity index (χ3n) is 6.16. The van der Waals surface area contributed by atoms with E-state index in [1.54, 1.807) is 0 Å². The minimum Gasteiger partial charge on any atom is -0.480 e. The Morgan fingerprint density at radius 1 is 1.08 bits per heavy atom. The number of hydrogen-bond donors (Lipinski definition) is 7. The summed E-state index contributed by atoms with van der Waals surface area (Å²) in [6.45, 7) is 4.04. The van der Waals surface area contributed by atoms with Crippen LogP contribution in [0.4, 0.5) is 0 Å². The number of nitrogens with zero attached hydrogens (tertiary/aromatic N) is 2. The van der Waals surface area contributed by atoms with E-state index >= 15 is 0 Å². The van der Waals surface area contributed by atoms with Crippen molar-refractivity contribution < 1.29 is 29.1 Å². The highest BCUT2D eigenvalue weighted by atomic mass is 32.2. The number of rotatable bonds is 17. The van der Waals surface area contributed by atoms with Crippen LogP contribution in [0.15, 0.2) is 4.99 Å². The number of carbonyl (C=O) groups is 5. The average Bonchev–Trinajstić information content (AvgIpc) is 3.36. The summed E-state index contributed by atoms with van der Waals surface area (Å²) in [5.74, 6) is -2.50. The first-order valence-corrected chi connectivity index (χ1v) is 14.5. The molecule has 0 aromatic rings. The van der Waals surface area contributed by atoms with Gasteiger partial charge in [-0.3, -0.25) is 24.2 Å². The molecule has 1 saturated heterocycles. The molecule has 39 heavy (non-hydrogen) atoms. The van der Waals surface area contributed by atoms with Crippen LogP contribution in [-0.2, 0) is 24.0 Å².